The monoisotopic (exact) mass is 252 g/mol. The van der Waals surface area contributed by atoms with Crippen LogP contribution in [0.5, 0.6) is 0 Å². The standard InChI is InChI=1S/C13H13ClO3/c1-2-17-13(16)11(12(15)9-14)8-10-6-4-3-5-7-10/h3-8H,2,9H2,1H3/b11-8-. The van der Waals surface area contributed by atoms with Crippen molar-refractivity contribution in [1.29, 1.82) is 0 Å². The van der Waals surface area contributed by atoms with E-state index in [9.17, 15) is 9.59 Å². The van der Waals surface area contributed by atoms with Gasteiger partial charge in [-0.05, 0) is 18.6 Å². The van der Waals surface area contributed by atoms with Gasteiger partial charge in [-0.3, -0.25) is 4.79 Å². The molecule has 1 aromatic carbocycles. The van der Waals surface area contributed by atoms with Crippen molar-refractivity contribution in [3.8, 4) is 0 Å². The minimum Gasteiger partial charge on any atom is -0.462 e. The number of hydrogen-bond donors (Lipinski definition) is 0. The van der Waals surface area contributed by atoms with Crippen molar-refractivity contribution in [2.24, 2.45) is 0 Å². The molecule has 0 amide bonds. The van der Waals surface area contributed by atoms with Crippen molar-refractivity contribution in [3.63, 3.8) is 0 Å². The smallest absolute Gasteiger partial charge is 0.341 e. The summed E-state index contributed by atoms with van der Waals surface area (Å²) >= 11 is 5.46. The molecule has 0 aliphatic heterocycles. The summed E-state index contributed by atoms with van der Waals surface area (Å²) in [4.78, 5) is 23.1. The van der Waals surface area contributed by atoms with Crippen molar-refractivity contribution in [3.05, 3.63) is 41.5 Å². The van der Waals surface area contributed by atoms with Crippen LogP contribution in [-0.4, -0.2) is 24.2 Å². The molecule has 0 aliphatic rings. The van der Waals surface area contributed by atoms with Crippen LogP contribution in [-0.2, 0) is 14.3 Å². The number of rotatable bonds is 5. The lowest BCUT2D eigenvalue weighted by Crippen LogP contribution is -2.16. The molecule has 17 heavy (non-hydrogen) atoms. The number of alkyl halides is 1. The first-order valence-corrected chi connectivity index (χ1v) is 5.75. The summed E-state index contributed by atoms with van der Waals surface area (Å²) in [6.07, 6.45) is 1.49. The Bertz CT molecular complexity index is 424. The van der Waals surface area contributed by atoms with Crippen LogP contribution in [0.1, 0.15) is 12.5 Å². The molecule has 0 fully saturated rings. The first kappa shape index (κ1) is 13.5. The average Bonchev–Trinajstić information content (AvgIpc) is 2.36. The van der Waals surface area contributed by atoms with Crippen molar-refractivity contribution in [1.82, 2.24) is 0 Å². The van der Waals surface area contributed by atoms with E-state index < -0.39 is 11.8 Å². The van der Waals surface area contributed by atoms with Gasteiger partial charge in [0.2, 0.25) is 0 Å². The summed E-state index contributed by atoms with van der Waals surface area (Å²) in [6.45, 7) is 1.91. The summed E-state index contributed by atoms with van der Waals surface area (Å²) < 4.78 is 4.81. The van der Waals surface area contributed by atoms with Crippen molar-refractivity contribution < 1.29 is 14.3 Å². The van der Waals surface area contributed by atoms with Crippen molar-refractivity contribution in [2.75, 3.05) is 12.5 Å². The van der Waals surface area contributed by atoms with Gasteiger partial charge in [-0.1, -0.05) is 30.3 Å². The van der Waals surface area contributed by atoms with Crippen molar-refractivity contribution >= 4 is 29.4 Å². The molecule has 4 heteroatoms. The number of esters is 1. The molecule has 0 unspecified atom stereocenters. The van der Waals surface area contributed by atoms with E-state index in [0.29, 0.717) is 0 Å². The van der Waals surface area contributed by atoms with E-state index in [2.05, 4.69) is 0 Å². The highest BCUT2D eigenvalue weighted by Gasteiger charge is 2.18. The maximum atomic E-state index is 11.6. The van der Waals surface area contributed by atoms with E-state index in [1.165, 1.54) is 6.08 Å². The van der Waals surface area contributed by atoms with Gasteiger partial charge in [-0.15, -0.1) is 11.6 Å². The van der Waals surface area contributed by atoms with E-state index in [-0.39, 0.29) is 18.1 Å². The molecule has 0 saturated carbocycles. The molecule has 3 nitrogen and oxygen atoms in total. The fraction of sp³-hybridized carbons (Fsp3) is 0.231. The Morgan fingerprint density at radius 2 is 1.94 bits per heavy atom. The number of benzene rings is 1. The second-order valence-electron chi connectivity index (χ2n) is 3.25. The van der Waals surface area contributed by atoms with E-state index in [0.717, 1.165) is 5.56 Å². The van der Waals surface area contributed by atoms with Gasteiger partial charge in [0, 0.05) is 0 Å². The number of carbonyl (C=O) groups excluding carboxylic acids is 2. The van der Waals surface area contributed by atoms with Gasteiger partial charge in [0.05, 0.1) is 12.5 Å². The molecule has 0 saturated heterocycles. The summed E-state index contributed by atoms with van der Waals surface area (Å²) in [5.74, 6) is -1.31. The lowest BCUT2D eigenvalue weighted by atomic mass is 10.1. The Morgan fingerprint density at radius 3 is 2.47 bits per heavy atom. The third kappa shape index (κ3) is 4.04. The molecule has 0 aliphatic carbocycles. The van der Waals surface area contributed by atoms with Crippen LogP contribution in [0, 0.1) is 0 Å². The Labute approximate surface area is 105 Å². The van der Waals surface area contributed by atoms with Gasteiger partial charge < -0.3 is 4.74 Å². The maximum Gasteiger partial charge on any atom is 0.341 e. The van der Waals surface area contributed by atoms with Crippen LogP contribution in [0.15, 0.2) is 35.9 Å². The Balaban J connectivity index is 3.02. The molecule has 1 rings (SSSR count). The quantitative estimate of drug-likeness (QED) is 0.266. The molecule has 1 aromatic rings. The predicted octanol–water partition coefficient (Wildman–Crippen LogP) is 2.44. The minimum absolute atomic E-state index is 0.0203. The van der Waals surface area contributed by atoms with Crippen LogP contribution in [0.3, 0.4) is 0 Å². The number of Topliss-reactive ketones (excluding diaryl/α,β-unsaturated/α-hetero) is 1. The van der Waals surface area contributed by atoms with Gasteiger partial charge in [0.15, 0.2) is 5.78 Å². The van der Waals surface area contributed by atoms with Crippen molar-refractivity contribution in [2.45, 2.75) is 6.92 Å². The molecule has 0 aromatic heterocycles. The van der Waals surface area contributed by atoms with E-state index >= 15 is 0 Å². The van der Waals surface area contributed by atoms with Gasteiger partial charge >= 0.3 is 5.97 Å². The molecule has 0 N–H and O–H groups in total. The van der Waals surface area contributed by atoms with Gasteiger partial charge in [-0.2, -0.15) is 0 Å². The lowest BCUT2D eigenvalue weighted by molar-refractivity contribution is -0.139. The molecular formula is C13H13ClO3. The second-order valence-corrected chi connectivity index (χ2v) is 3.51. The van der Waals surface area contributed by atoms with E-state index in [1.54, 1.807) is 19.1 Å². The highest BCUT2D eigenvalue weighted by atomic mass is 35.5. The lowest BCUT2D eigenvalue weighted by Gasteiger charge is -2.04. The molecule has 0 spiro atoms. The molecule has 90 valence electrons. The number of hydrogen-bond acceptors (Lipinski definition) is 3. The molecule has 0 atom stereocenters. The summed E-state index contributed by atoms with van der Waals surface area (Å²) in [5, 5.41) is 0. The summed E-state index contributed by atoms with van der Waals surface area (Å²) in [5.41, 5.74) is 0.738. The van der Waals surface area contributed by atoms with Crippen LogP contribution in [0.25, 0.3) is 6.08 Å². The zero-order chi connectivity index (χ0) is 12.7. The van der Waals surface area contributed by atoms with Gasteiger partial charge in [-0.25, -0.2) is 4.79 Å². The fourth-order valence-electron chi connectivity index (χ4n) is 1.25. The van der Waals surface area contributed by atoms with E-state index in [4.69, 9.17) is 16.3 Å². The van der Waals surface area contributed by atoms with Gasteiger partial charge in [0.1, 0.15) is 5.57 Å². The third-order valence-electron chi connectivity index (χ3n) is 2.03. The molecular weight excluding hydrogens is 240 g/mol. The number of ether oxygens (including phenoxy) is 1. The van der Waals surface area contributed by atoms with Crippen LogP contribution < -0.4 is 0 Å². The zero-order valence-electron chi connectivity index (χ0n) is 9.48. The second kappa shape index (κ2) is 6.86. The average molecular weight is 253 g/mol. The summed E-state index contributed by atoms with van der Waals surface area (Å²) in [7, 11) is 0. The topological polar surface area (TPSA) is 43.4 Å². The molecule has 0 radical (unpaired) electrons. The number of carbonyl (C=O) groups is 2. The first-order chi connectivity index (χ1) is 8.19. The molecule has 0 heterocycles. The number of halogens is 1. The molecule has 0 bridgehead atoms. The highest BCUT2D eigenvalue weighted by Crippen LogP contribution is 2.10. The normalized spacial score (nSPS) is 11.1. The first-order valence-electron chi connectivity index (χ1n) is 5.22. The summed E-state index contributed by atoms with van der Waals surface area (Å²) in [6, 6.07) is 9.08. The predicted molar refractivity (Wildman–Crippen MR) is 66.8 cm³/mol. The van der Waals surface area contributed by atoms with Crippen LogP contribution >= 0.6 is 11.6 Å². The Hall–Kier alpha value is -1.61. The minimum atomic E-state index is -0.637. The van der Waals surface area contributed by atoms with Gasteiger partial charge in [0.25, 0.3) is 0 Å². The fourth-order valence-corrected chi connectivity index (χ4v) is 1.39. The largest absolute Gasteiger partial charge is 0.462 e. The Morgan fingerprint density at radius 1 is 1.29 bits per heavy atom. The Kier molecular flexibility index (Phi) is 5.43. The zero-order valence-corrected chi connectivity index (χ0v) is 10.2. The third-order valence-corrected chi connectivity index (χ3v) is 2.27. The van der Waals surface area contributed by atoms with Crippen LogP contribution in [0.4, 0.5) is 0 Å². The highest BCUT2D eigenvalue weighted by molar-refractivity contribution is 6.35. The maximum absolute atomic E-state index is 11.6. The van der Waals surface area contributed by atoms with Crippen LogP contribution in [0.2, 0.25) is 0 Å². The SMILES string of the molecule is CCOC(=O)/C(=C\c1ccccc1)C(=O)CCl. The van der Waals surface area contributed by atoms with E-state index in [1.807, 2.05) is 18.2 Å². The number of ketones is 1.